The van der Waals surface area contributed by atoms with Gasteiger partial charge in [-0.05, 0) is 29.6 Å². The van der Waals surface area contributed by atoms with Crippen molar-refractivity contribution in [1.82, 2.24) is 0 Å². The van der Waals surface area contributed by atoms with Crippen LogP contribution in [0.4, 0.5) is 24.5 Å². The minimum Gasteiger partial charge on any atom is -0.389 e. The first kappa shape index (κ1) is 13.8. The number of halogens is 3. The molecule has 0 fully saturated rings. The summed E-state index contributed by atoms with van der Waals surface area (Å²) in [5, 5.41) is 6.68. The number of thiophene rings is 1. The van der Waals surface area contributed by atoms with Gasteiger partial charge in [0.15, 0.2) is 0 Å². The smallest absolute Gasteiger partial charge is 0.389 e. The average molecular weight is 302 g/mol. The minimum absolute atomic E-state index is 0.0798. The molecule has 0 saturated heterocycles. The number of hydrogen-bond acceptors (Lipinski definition) is 3. The molecule has 3 N–H and O–H groups in total. The first-order valence-corrected chi connectivity index (χ1v) is 6.53. The molecule has 1 aromatic heterocycles. The van der Waals surface area contributed by atoms with Gasteiger partial charge < -0.3 is 11.1 Å². The quantitative estimate of drug-likeness (QED) is 0.837. The number of hydrogen-bond donors (Lipinski definition) is 2. The first-order chi connectivity index (χ1) is 8.88. The van der Waals surface area contributed by atoms with Gasteiger partial charge in [0, 0.05) is 22.3 Å². The summed E-state index contributed by atoms with van der Waals surface area (Å²) < 4.78 is 37.9. The van der Waals surface area contributed by atoms with Crippen LogP contribution in [0.15, 0.2) is 35.0 Å². The van der Waals surface area contributed by atoms with Gasteiger partial charge in [0.25, 0.3) is 0 Å². The Morgan fingerprint density at radius 1 is 1.26 bits per heavy atom. The highest BCUT2D eigenvalue weighted by Gasteiger charge is 2.31. The van der Waals surface area contributed by atoms with E-state index in [1.165, 1.54) is 17.4 Å². The summed E-state index contributed by atoms with van der Waals surface area (Å²) in [6, 6.07) is 5.09. The van der Waals surface area contributed by atoms with E-state index in [4.69, 9.17) is 18.0 Å². The summed E-state index contributed by atoms with van der Waals surface area (Å²) in [6.07, 6.45) is -4.42. The Bertz CT molecular complexity index is 592. The lowest BCUT2D eigenvalue weighted by atomic mass is 10.1. The third-order valence-electron chi connectivity index (χ3n) is 2.41. The second-order valence-electron chi connectivity index (χ2n) is 3.76. The van der Waals surface area contributed by atoms with Crippen molar-refractivity contribution in [3.63, 3.8) is 0 Å². The van der Waals surface area contributed by atoms with Crippen molar-refractivity contribution in [2.45, 2.75) is 6.18 Å². The minimum atomic E-state index is -4.42. The fraction of sp³-hybridized carbons (Fsp3) is 0.0833. The van der Waals surface area contributed by atoms with Gasteiger partial charge >= 0.3 is 6.18 Å². The van der Waals surface area contributed by atoms with Crippen molar-refractivity contribution in [2.24, 2.45) is 5.73 Å². The number of anilines is 2. The zero-order valence-corrected chi connectivity index (χ0v) is 11.1. The van der Waals surface area contributed by atoms with Crippen LogP contribution in [0.1, 0.15) is 11.1 Å². The van der Waals surface area contributed by atoms with Crippen molar-refractivity contribution in [2.75, 3.05) is 5.32 Å². The van der Waals surface area contributed by atoms with E-state index in [-0.39, 0.29) is 10.6 Å². The van der Waals surface area contributed by atoms with Gasteiger partial charge in [-0.2, -0.15) is 24.5 Å². The highest BCUT2D eigenvalue weighted by molar-refractivity contribution is 7.80. The maximum atomic E-state index is 12.6. The Morgan fingerprint density at radius 3 is 2.53 bits per heavy atom. The van der Waals surface area contributed by atoms with Crippen molar-refractivity contribution < 1.29 is 13.2 Å². The maximum absolute atomic E-state index is 12.6. The molecule has 0 unspecified atom stereocenters. The van der Waals surface area contributed by atoms with Gasteiger partial charge in [-0.15, -0.1) is 0 Å². The molecule has 0 saturated carbocycles. The SMILES string of the molecule is NC(=S)c1cc(C(F)(F)F)ccc1Nc1ccsc1. The molecule has 2 aromatic rings. The molecular formula is C12H9F3N2S2. The Hall–Kier alpha value is -1.60. The van der Waals surface area contributed by atoms with Gasteiger partial charge in [0.05, 0.1) is 5.56 Å². The molecule has 1 heterocycles. The number of thiocarbonyl (C=S) groups is 1. The van der Waals surface area contributed by atoms with Gasteiger partial charge in [0.1, 0.15) is 4.99 Å². The lowest BCUT2D eigenvalue weighted by molar-refractivity contribution is -0.137. The van der Waals surface area contributed by atoms with E-state index < -0.39 is 11.7 Å². The third kappa shape index (κ3) is 3.24. The molecule has 0 spiro atoms. The molecule has 2 nitrogen and oxygen atoms in total. The highest BCUT2D eigenvalue weighted by atomic mass is 32.1. The molecule has 1 aromatic carbocycles. The standard InChI is InChI=1S/C12H9F3N2S2/c13-12(14,15)7-1-2-10(9(5-7)11(16)18)17-8-3-4-19-6-8/h1-6,17H,(H2,16,18). The van der Waals surface area contributed by atoms with Gasteiger partial charge in [0.2, 0.25) is 0 Å². The second-order valence-corrected chi connectivity index (χ2v) is 4.98. The molecule has 100 valence electrons. The topological polar surface area (TPSA) is 38.0 Å². The van der Waals surface area contributed by atoms with Crippen LogP contribution < -0.4 is 11.1 Å². The van der Waals surface area contributed by atoms with Crippen LogP contribution in [0.5, 0.6) is 0 Å². The molecular weight excluding hydrogens is 293 g/mol. The fourth-order valence-electron chi connectivity index (χ4n) is 1.52. The van der Waals surface area contributed by atoms with Crippen LogP contribution in [0.3, 0.4) is 0 Å². The largest absolute Gasteiger partial charge is 0.416 e. The summed E-state index contributed by atoms with van der Waals surface area (Å²) >= 11 is 6.27. The van der Waals surface area contributed by atoms with Crippen molar-refractivity contribution >= 4 is 39.9 Å². The average Bonchev–Trinajstić information content (AvgIpc) is 2.80. The summed E-state index contributed by atoms with van der Waals surface area (Å²) in [7, 11) is 0. The van der Waals surface area contributed by atoms with Gasteiger partial charge in [-0.25, -0.2) is 0 Å². The number of alkyl halides is 3. The van der Waals surface area contributed by atoms with E-state index in [1.54, 1.807) is 0 Å². The molecule has 2 rings (SSSR count). The lowest BCUT2D eigenvalue weighted by Gasteiger charge is -2.13. The van der Waals surface area contributed by atoms with Crippen LogP contribution >= 0.6 is 23.6 Å². The molecule has 7 heteroatoms. The number of benzene rings is 1. The van der Waals surface area contributed by atoms with Crippen molar-refractivity contribution in [3.05, 3.63) is 46.2 Å². The van der Waals surface area contributed by atoms with E-state index in [0.29, 0.717) is 5.69 Å². The van der Waals surface area contributed by atoms with Crippen LogP contribution in [0.2, 0.25) is 0 Å². The van der Waals surface area contributed by atoms with Crippen LogP contribution in [-0.2, 0) is 6.18 Å². The zero-order valence-electron chi connectivity index (χ0n) is 9.49. The fourth-order valence-corrected chi connectivity index (χ4v) is 2.28. The predicted molar refractivity (Wildman–Crippen MR) is 74.9 cm³/mol. The summed E-state index contributed by atoms with van der Waals surface area (Å²) in [5.74, 6) is 0. The highest BCUT2D eigenvalue weighted by Crippen LogP contribution is 2.32. The summed E-state index contributed by atoms with van der Waals surface area (Å²) in [5.41, 5.74) is 6.12. The third-order valence-corrected chi connectivity index (χ3v) is 3.32. The predicted octanol–water partition coefficient (Wildman–Crippen LogP) is 4.14. The molecule has 0 bridgehead atoms. The molecule has 0 amide bonds. The summed E-state index contributed by atoms with van der Waals surface area (Å²) in [6.45, 7) is 0. The van der Waals surface area contributed by atoms with Gasteiger partial charge in [-0.3, -0.25) is 0 Å². The van der Waals surface area contributed by atoms with E-state index >= 15 is 0 Å². The number of nitrogens with one attached hydrogen (secondary N) is 1. The molecule has 0 atom stereocenters. The van der Waals surface area contributed by atoms with Crippen LogP contribution in [-0.4, -0.2) is 4.99 Å². The summed E-state index contributed by atoms with van der Waals surface area (Å²) in [4.78, 5) is -0.0798. The van der Waals surface area contributed by atoms with Crippen molar-refractivity contribution in [1.29, 1.82) is 0 Å². The van der Waals surface area contributed by atoms with Crippen molar-refractivity contribution in [3.8, 4) is 0 Å². The molecule has 0 aliphatic rings. The molecule has 0 aliphatic carbocycles. The van der Waals surface area contributed by atoms with E-state index in [9.17, 15) is 13.2 Å². The Balaban J connectivity index is 2.41. The van der Waals surface area contributed by atoms with E-state index in [2.05, 4.69) is 5.32 Å². The zero-order chi connectivity index (χ0) is 14.0. The molecule has 0 radical (unpaired) electrons. The monoisotopic (exact) mass is 302 g/mol. The Morgan fingerprint density at radius 2 is 2.00 bits per heavy atom. The van der Waals surface area contributed by atoms with Crippen LogP contribution in [0.25, 0.3) is 0 Å². The maximum Gasteiger partial charge on any atom is 0.416 e. The first-order valence-electron chi connectivity index (χ1n) is 5.18. The Labute approximate surface area is 117 Å². The number of nitrogens with two attached hydrogens (primary N) is 1. The molecule has 0 aliphatic heterocycles. The van der Waals surface area contributed by atoms with E-state index in [0.717, 1.165) is 17.8 Å². The molecule has 19 heavy (non-hydrogen) atoms. The number of rotatable bonds is 3. The van der Waals surface area contributed by atoms with E-state index in [1.807, 2.05) is 16.8 Å². The van der Waals surface area contributed by atoms with Crippen LogP contribution in [0, 0.1) is 0 Å². The second kappa shape index (κ2) is 5.18. The Kier molecular flexibility index (Phi) is 3.77. The lowest BCUT2D eigenvalue weighted by Crippen LogP contribution is -2.14. The normalized spacial score (nSPS) is 11.3. The van der Waals surface area contributed by atoms with Gasteiger partial charge in [-0.1, -0.05) is 12.2 Å².